The Bertz CT molecular complexity index is 936. The number of hydrogen-bond donors (Lipinski definition) is 1. The number of aldehydes is 1. The number of nitrogens with one attached hydrogen (secondary N) is 1. The lowest BCUT2D eigenvalue weighted by atomic mass is 9.48. The van der Waals surface area contributed by atoms with Gasteiger partial charge in [0, 0.05) is 34.3 Å². The number of nitrogens with zero attached hydrogens (tertiary/aromatic N) is 1. The van der Waals surface area contributed by atoms with Gasteiger partial charge in [0.2, 0.25) is 0 Å². The highest BCUT2D eigenvalue weighted by Gasteiger charge is 2.52. The van der Waals surface area contributed by atoms with E-state index in [4.69, 9.17) is 0 Å². The SMILES string of the molecule is C=C(C)C=N/C(=C\C)CC.C=C(CC12CC=C1C(CC)C2)NC(=C/C=C\C)/C(/C=C\C)=C/C=O. The van der Waals surface area contributed by atoms with Crippen LogP contribution in [0.5, 0.6) is 0 Å². The van der Waals surface area contributed by atoms with E-state index in [9.17, 15) is 4.79 Å². The summed E-state index contributed by atoms with van der Waals surface area (Å²) in [6.45, 7) is 20.2. The van der Waals surface area contributed by atoms with Gasteiger partial charge in [-0.1, -0.05) is 69.0 Å². The lowest BCUT2D eigenvalue weighted by Crippen LogP contribution is -2.46. The molecule has 0 amide bonds. The van der Waals surface area contributed by atoms with Gasteiger partial charge >= 0.3 is 0 Å². The number of carbonyl (C=O) groups excluding carboxylic acids is 1. The molecule has 184 valence electrons. The van der Waals surface area contributed by atoms with Crippen LogP contribution in [0.3, 0.4) is 0 Å². The van der Waals surface area contributed by atoms with Gasteiger partial charge in [-0.2, -0.15) is 0 Å². The standard InChI is InChI=1S/C22H29NO.C9H15N/c1-5-8-10-21(19(9-6-2)12-14-24)23-17(4)15-22-13-11-20(22)18(7-3)16-22;1-5-9(6-2)10-7-8(3)4/h5-6,8-12,14,18,23H,4,7,13,15-16H2,1-3H3;5,7H,3,6H2,1-2,4H3/b8-5-,9-6-,19-12+,21-10+;9-5-,10-7?. The topological polar surface area (TPSA) is 41.5 Å². The molecule has 0 bridgehead atoms. The average molecular weight is 461 g/mol. The highest BCUT2D eigenvalue weighted by atomic mass is 16.1. The Morgan fingerprint density at radius 3 is 2.38 bits per heavy atom. The second kappa shape index (κ2) is 15.1. The molecule has 0 spiro atoms. The van der Waals surface area contributed by atoms with Gasteiger partial charge in [0.05, 0.1) is 0 Å². The fraction of sp³-hybridized carbons (Fsp3) is 0.419. The summed E-state index contributed by atoms with van der Waals surface area (Å²) in [5.74, 6) is 0.790. The molecular formula is C31H44N2O. The van der Waals surface area contributed by atoms with Crippen LogP contribution in [0.15, 0.2) is 101 Å². The first-order valence-electron chi connectivity index (χ1n) is 12.4. The molecule has 2 unspecified atom stereocenters. The molecule has 3 nitrogen and oxygen atoms in total. The smallest absolute Gasteiger partial charge is 0.143 e. The van der Waals surface area contributed by atoms with Gasteiger partial charge in [-0.15, -0.1) is 0 Å². The summed E-state index contributed by atoms with van der Waals surface area (Å²) in [7, 11) is 0. The Kier molecular flexibility index (Phi) is 12.9. The van der Waals surface area contributed by atoms with Crippen molar-refractivity contribution in [1.82, 2.24) is 5.32 Å². The van der Waals surface area contributed by atoms with Crippen molar-refractivity contribution in [3.8, 4) is 0 Å². The lowest BCUT2D eigenvalue weighted by molar-refractivity contribution is -0.104. The minimum absolute atomic E-state index is 0.367. The van der Waals surface area contributed by atoms with E-state index in [2.05, 4.69) is 43.4 Å². The van der Waals surface area contributed by atoms with E-state index in [-0.39, 0.29) is 0 Å². The molecule has 2 aliphatic rings. The van der Waals surface area contributed by atoms with Gasteiger partial charge in [0.15, 0.2) is 0 Å². The molecule has 0 heterocycles. The number of allylic oxidation sites excluding steroid dienone is 12. The number of fused-ring (bicyclic) bond motifs is 1. The minimum Gasteiger partial charge on any atom is -0.359 e. The van der Waals surface area contributed by atoms with E-state index in [0.717, 1.165) is 53.3 Å². The van der Waals surface area contributed by atoms with Crippen molar-refractivity contribution in [1.29, 1.82) is 0 Å². The van der Waals surface area contributed by atoms with Crippen molar-refractivity contribution in [2.24, 2.45) is 16.3 Å². The Morgan fingerprint density at radius 2 is 1.94 bits per heavy atom. The third-order valence-corrected chi connectivity index (χ3v) is 6.26. The number of carbonyl (C=O) groups is 1. The molecule has 1 N–H and O–H groups in total. The summed E-state index contributed by atoms with van der Waals surface area (Å²) < 4.78 is 0. The van der Waals surface area contributed by atoms with Crippen molar-refractivity contribution in [2.75, 3.05) is 0 Å². The zero-order valence-electron chi connectivity index (χ0n) is 22.2. The highest BCUT2D eigenvalue weighted by Crippen LogP contribution is 2.63. The normalized spacial score (nSPS) is 22.5. The second-order valence-corrected chi connectivity index (χ2v) is 8.96. The summed E-state index contributed by atoms with van der Waals surface area (Å²) in [4.78, 5) is 15.1. The molecule has 1 saturated carbocycles. The van der Waals surface area contributed by atoms with Gasteiger partial charge in [-0.05, 0) is 83.4 Å². The molecule has 0 aromatic rings. The van der Waals surface area contributed by atoms with Gasteiger partial charge in [0.25, 0.3) is 0 Å². The molecule has 34 heavy (non-hydrogen) atoms. The quantitative estimate of drug-likeness (QED) is 0.105. The molecule has 0 saturated heterocycles. The fourth-order valence-electron chi connectivity index (χ4n) is 4.47. The van der Waals surface area contributed by atoms with Crippen molar-refractivity contribution in [3.05, 3.63) is 95.6 Å². The van der Waals surface area contributed by atoms with Crippen LogP contribution in [0.1, 0.15) is 73.6 Å². The van der Waals surface area contributed by atoms with E-state index >= 15 is 0 Å². The van der Waals surface area contributed by atoms with Crippen molar-refractivity contribution in [3.63, 3.8) is 0 Å². The van der Waals surface area contributed by atoms with E-state index in [1.165, 1.54) is 19.3 Å². The fourth-order valence-corrected chi connectivity index (χ4v) is 4.47. The van der Waals surface area contributed by atoms with Crippen LogP contribution in [0.4, 0.5) is 0 Å². The molecular weight excluding hydrogens is 416 g/mol. The monoisotopic (exact) mass is 460 g/mol. The van der Waals surface area contributed by atoms with Crippen molar-refractivity contribution < 1.29 is 4.79 Å². The van der Waals surface area contributed by atoms with Gasteiger partial charge in [-0.25, -0.2) is 0 Å². The molecule has 2 rings (SSSR count). The largest absolute Gasteiger partial charge is 0.359 e. The van der Waals surface area contributed by atoms with Crippen LogP contribution in [-0.4, -0.2) is 12.5 Å². The van der Waals surface area contributed by atoms with Crippen LogP contribution in [0.2, 0.25) is 0 Å². The third-order valence-electron chi connectivity index (χ3n) is 6.26. The van der Waals surface area contributed by atoms with E-state index in [1.54, 1.807) is 17.9 Å². The Morgan fingerprint density at radius 1 is 1.21 bits per heavy atom. The second-order valence-electron chi connectivity index (χ2n) is 8.96. The van der Waals surface area contributed by atoms with Crippen LogP contribution in [0.25, 0.3) is 0 Å². The lowest BCUT2D eigenvalue weighted by Gasteiger charge is -2.57. The van der Waals surface area contributed by atoms with Gasteiger partial charge in [0.1, 0.15) is 6.29 Å². The molecule has 0 aliphatic heterocycles. The molecule has 2 atom stereocenters. The van der Waals surface area contributed by atoms with E-state index in [0.29, 0.717) is 5.41 Å². The third kappa shape index (κ3) is 8.44. The zero-order chi connectivity index (χ0) is 25.6. The van der Waals surface area contributed by atoms with Crippen LogP contribution >= 0.6 is 0 Å². The number of aliphatic imine (C=N–C) groups is 1. The molecule has 0 aromatic carbocycles. The highest BCUT2D eigenvalue weighted by molar-refractivity contribution is 5.77. The van der Waals surface area contributed by atoms with Crippen molar-refractivity contribution in [2.45, 2.75) is 73.6 Å². The summed E-state index contributed by atoms with van der Waals surface area (Å²) in [5.41, 5.74) is 6.92. The minimum atomic E-state index is 0.367. The number of rotatable bonds is 12. The Balaban J connectivity index is 0.000000489. The first kappa shape index (κ1) is 29.1. The molecule has 1 fully saturated rings. The van der Waals surface area contributed by atoms with E-state index < -0.39 is 0 Å². The average Bonchev–Trinajstić information content (AvgIpc) is 2.80. The zero-order valence-corrected chi connectivity index (χ0v) is 22.2. The maximum absolute atomic E-state index is 10.9. The first-order valence-corrected chi connectivity index (χ1v) is 12.4. The summed E-state index contributed by atoms with van der Waals surface area (Å²) >= 11 is 0. The predicted octanol–water partition coefficient (Wildman–Crippen LogP) is 8.33. The summed E-state index contributed by atoms with van der Waals surface area (Å²) in [6, 6.07) is 0. The van der Waals surface area contributed by atoms with Crippen LogP contribution in [-0.2, 0) is 4.79 Å². The van der Waals surface area contributed by atoms with Crippen LogP contribution in [0, 0.1) is 11.3 Å². The van der Waals surface area contributed by atoms with Gasteiger partial charge < -0.3 is 5.32 Å². The maximum atomic E-state index is 10.9. The molecule has 3 heteroatoms. The molecule has 0 radical (unpaired) electrons. The maximum Gasteiger partial charge on any atom is 0.143 e. The summed E-state index contributed by atoms with van der Waals surface area (Å²) in [6.07, 6.45) is 24.1. The van der Waals surface area contributed by atoms with Gasteiger partial charge in [-0.3, -0.25) is 9.79 Å². The Hall–Kier alpha value is -2.94. The Labute approximate surface area is 208 Å². The van der Waals surface area contributed by atoms with Crippen molar-refractivity contribution >= 4 is 12.5 Å². The molecule has 0 aromatic heterocycles. The number of hydrogen-bond acceptors (Lipinski definition) is 3. The first-order chi connectivity index (χ1) is 16.3. The summed E-state index contributed by atoms with van der Waals surface area (Å²) in [5, 5.41) is 3.44. The molecule has 2 aliphatic carbocycles. The van der Waals surface area contributed by atoms with E-state index in [1.807, 2.05) is 64.2 Å². The predicted molar refractivity (Wildman–Crippen MR) is 150 cm³/mol. The van der Waals surface area contributed by atoms with Crippen LogP contribution < -0.4 is 5.32 Å².